The summed E-state index contributed by atoms with van der Waals surface area (Å²) in [6.07, 6.45) is 2.30. The van der Waals surface area contributed by atoms with Crippen molar-refractivity contribution in [2.24, 2.45) is 5.73 Å². The van der Waals surface area contributed by atoms with Crippen molar-refractivity contribution in [3.8, 4) is 0 Å². The number of hydrogen-bond donors (Lipinski definition) is 3. The molecule has 0 saturated carbocycles. The molecule has 0 heterocycles. The predicted molar refractivity (Wildman–Crippen MR) is 76.2 cm³/mol. The van der Waals surface area contributed by atoms with Gasteiger partial charge in [-0.1, -0.05) is 12.1 Å². The molecule has 6 heteroatoms. The molecule has 5 nitrogen and oxygen atoms in total. The van der Waals surface area contributed by atoms with Crippen LogP contribution in [0.15, 0.2) is 24.3 Å². The van der Waals surface area contributed by atoms with Gasteiger partial charge in [-0.2, -0.15) is 11.8 Å². The van der Waals surface area contributed by atoms with E-state index in [1.807, 2.05) is 12.3 Å². The van der Waals surface area contributed by atoms with Gasteiger partial charge in [-0.25, -0.2) is 4.79 Å². The number of nitrogens with two attached hydrogens (primary N) is 1. The van der Waals surface area contributed by atoms with Crippen LogP contribution in [-0.4, -0.2) is 35.0 Å². The van der Waals surface area contributed by atoms with Crippen LogP contribution in [0.3, 0.4) is 0 Å². The molecule has 1 rings (SSSR count). The molecule has 0 radical (unpaired) electrons. The molecule has 0 spiro atoms. The van der Waals surface area contributed by atoms with Crippen LogP contribution in [0.5, 0.6) is 0 Å². The Hall–Kier alpha value is -1.53. The number of carbonyl (C=O) groups excluding carboxylic acids is 1. The van der Waals surface area contributed by atoms with Crippen molar-refractivity contribution in [3.05, 3.63) is 35.4 Å². The number of nitrogens with one attached hydrogen (secondary N) is 1. The first-order valence-electron chi connectivity index (χ1n) is 5.90. The number of carboxylic acid groups (broad SMARTS) is 1. The molecule has 0 fully saturated rings. The Morgan fingerprint density at radius 3 is 2.79 bits per heavy atom. The van der Waals surface area contributed by atoms with Crippen molar-refractivity contribution in [3.63, 3.8) is 0 Å². The highest BCUT2D eigenvalue weighted by molar-refractivity contribution is 7.98. The summed E-state index contributed by atoms with van der Waals surface area (Å²) in [5.74, 6) is -0.721. The molecule has 0 saturated heterocycles. The van der Waals surface area contributed by atoms with E-state index in [9.17, 15) is 9.59 Å². The largest absolute Gasteiger partial charge is 0.480 e. The number of amides is 1. The number of rotatable bonds is 7. The van der Waals surface area contributed by atoms with E-state index >= 15 is 0 Å². The Kier molecular flexibility index (Phi) is 6.38. The molecule has 4 N–H and O–H groups in total. The Morgan fingerprint density at radius 2 is 2.21 bits per heavy atom. The lowest BCUT2D eigenvalue weighted by molar-refractivity contribution is -0.139. The molecule has 1 unspecified atom stereocenters. The molecule has 1 aromatic rings. The first kappa shape index (κ1) is 15.5. The van der Waals surface area contributed by atoms with E-state index in [1.54, 1.807) is 30.0 Å². The third-order valence-corrected chi connectivity index (χ3v) is 3.28. The molecule has 1 atom stereocenters. The molecular formula is C13H18N2O3S. The molecule has 1 amide bonds. The van der Waals surface area contributed by atoms with E-state index in [4.69, 9.17) is 10.8 Å². The number of hydrogen-bond acceptors (Lipinski definition) is 4. The van der Waals surface area contributed by atoms with Gasteiger partial charge in [0.1, 0.15) is 6.04 Å². The highest BCUT2D eigenvalue weighted by atomic mass is 32.2. The van der Waals surface area contributed by atoms with E-state index in [2.05, 4.69) is 5.32 Å². The highest BCUT2D eigenvalue weighted by Crippen LogP contribution is 2.07. The van der Waals surface area contributed by atoms with Gasteiger partial charge in [0.15, 0.2) is 0 Å². The summed E-state index contributed by atoms with van der Waals surface area (Å²) in [5.41, 5.74) is 6.77. The van der Waals surface area contributed by atoms with E-state index in [0.717, 1.165) is 5.56 Å². The molecule has 19 heavy (non-hydrogen) atoms. The Morgan fingerprint density at radius 1 is 1.47 bits per heavy atom. The van der Waals surface area contributed by atoms with Gasteiger partial charge in [0.05, 0.1) is 0 Å². The van der Waals surface area contributed by atoms with Gasteiger partial charge in [-0.05, 0) is 36.1 Å². The van der Waals surface area contributed by atoms with Crippen LogP contribution >= 0.6 is 11.8 Å². The van der Waals surface area contributed by atoms with Crippen molar-refractivity contribution in [1.29, 1.82) is 0 Å². The van der Waals surface area contributed by atoms with Gasteiger partial charge in [0, 0.05) is 12.1 Å². The zero-order valence-electron chi connectivity index (χ0n) is 10.8. The lowest BCUT2D eigenvalue weighted by atomic mass is 10.1. The monoisotopic (exact) mass is 282 g/mol. The Labute approximate surface area is 116 Å². The zero-order chi connectivity index (χ0) is 14.3. The number of benzene rings is 1. The first-order chi connectivity index (χ1) is 9.08. The van der Waals surface area contributed by atoms with Crippen molar-refractivity contribution in [2.45, 2.75) is 19.0 Å². The minimum atomic E-state index is -1.02. The summed E-state index contributed by atoms with van der Waals surface area (Å²) in [6, 6.07) is 6.00. The third-order valence-electron chi connectivity index (χ3n) is 2.64. The lowest BCUT2D eigenvalue weighted by Gasteiger charge is -2.14. The van der Waals surface area contributed by atoms with Gasteiger partial charge in [0.25, 0.3) is 5.91 Å². The number of thioether (sulfide) groups is 1. The smallest absolute Gasteiger partial charge is 0.326 e. The van der Waals surface area contributed by atoms with Gasteiger partial charge in [0.2, 0.25) is 0 Å². The molecule has 0 aliphatic heterocycles. The maximum absolute atomic E-state index is 12.0. The molecule has 104 valence electrons. The molecule has 1 aromatic carbocycles. The average molecular weight is 282 g/mol. The Balaban J connectivity index is 2.72. The molecule has 0 aromatic heterocycles. The number of carboxylic acids is 1. The summed E-state index contributed by atoms with van der Waals surface area (Å²) < 4.78 is 0. The maximum Gasteiger partial charge on any atom is 0.326 e. The minimum absolute atomic E-state index is 0.343. The third kappa shape index (κ3) is 4.92. The number of aliphatic carboxylic acids is 1. The summed E-state index contributed by atoms with van der Waals surface area (Å²) in [4.78, 5) is 23.0. The average Bonchev–Trinajstić information content (AvgIpc) is 2.42. The van der Waals surface area contributed by atoms with E-state index in [-0.39, 0.29) is 5.91 Å². The summed E-state index contributed by atoms with van der Waals surface area (Å²) in [6.45, 7) is 0.343. The lowest BCUT2D eigenvalue weighted by Crippen LogP contribution is -2.41. The summed E-state index contributed by atoms with van der Waals surface area (Å²) in [7, 11) is 0. The normalized spacial score (nSPS) is 11.9. The number of carbonyl (C=O) groups is 2. The second-order valence-corrected chi connectivity index (χ2v) is 5.04. The van der Waals surface area contributed by atoms with Gasteiger partial charge < -0.3 is 16.2 Å². The fourth-order valence-corrected chi connectivity index (χ4v) is 2.05. The maximum atomic E-state index is 12.0. The van der Waals surface area contributed by atoms with Crippen molar-refractivity contribution >= 4 is 23.6 Å². The van der Waals surface area contributed by atoms with Crippen LogP contribution in [-0.2, 0) is 11.3 Å². The van der Waals surface area contributed by atoms with Crippen molar-refractivity contribution in [1.82, 2.24) is 5.32 Å². The summed E-state index contributed by atoms with van der Waals surface area (Å²) >= 11 is 1.55. The van der Waals surface area contributed by atoms with Gasteiger partial charge in [-0.3, -0.25) is 4.79 Å². The minimum Gasteiger partial charge on any atom is -0.480 e. The van der Waals surface area contributed by atoms with Crippen molar-refractivity contribution < 1.29 is 14.7 Å². The second kappa shape index (κ2) is 7.81. The standard InChI is InChI=1S/C13H18N2O3S/c1-19-6-5-11(13(17)18)15-12(16)10-4-2-3-9(7-10)8-14/h2-4,7,11H,5-6,8,14H2,1H3,(H,15,16)(H,17,18). The van der Waals surface area contributed by atoms with Crippen LogP contribution in [0.4, 0.5) is 0 Å². The molecule has 0 aliphatic carbocycles. The van der Waals surface area contributed by atoms with Gasteiger partial charge in [-0.15, -0.1) is 0 Å². The molecule has 0 aliphatic rings. The van der Waals surface area contributed by atoms with Gasteiger partial charge >= 0.3 is 5.97 Å². The Bertz CT molecular complexity index is 451. The van der Waals surface area contributed by atoms with E-state index in [0.29, 0.717) is 24.3 Å². The summed E-state index contributed by atoms with van der Waals surface area (Å²) in [5, 5.41) is 11.6. The highest BCUT2D eigenvalue weighted by Gasteiger charge is 2.20. The van der Waals surface area contributed by atoms with E-state index in [1.165, 1.54) is 0 Å². The van der Waals surface area contributed by atoms with Crippen LogP contribution in [0.1, 0.15) is 22.3 Å². The van der Waals surface area contributed by atoms with Crippen LogP contribution < -0.4 is 11.1 Å². The predicted octanol–water partition coefficient (Wildman–Crippen LogP) is 1.08. The molecular weight excluding hydrogens is 264 g/mol. The first-order valence-corrected chi connectivity index (χ1v) is 7.29. The van der Waals surface area contributed by atoms with Crippen LogP contribution in [0, 0.1) is 0 Å². The van der Waals surface area contributed by atoms with Crippen molar-refractivity contribution in [2.75, 3.05) is 12.0 Å². The fraction of sp³-hybridized carbons (Fsp3) is 0.385. The van der Waals surface area contributed by atoms with E-state index < -0.39 is 12.0 Å². The van der Waals surface area contributed by atoms with Crippen LogP contribution in [0.2, 0.25) is 0 Å². The second-order valence-electron chi connectivity index (χ2n) is 4.05. The SMILES string of the molecule is CSCCC(NC(=O)c1cccc(CN)c1)C(=O)O. The quantitative estimate of drug-likeness (QED) is 0.696. The molecule has 0 bridgehead atoms. The fourth-order valence-electron chi connectivity index (χ4n) is 1.57. The van der Waals surface area contributed by atoms with Crippen LogP contribution in [0.25, 0.3) is 0 Å². The topological polar surface area (TPSA) is 92.4 Å². The zero-order valence-corrected chi connectivity index (χ0v) is 11.6.